The molecule has 0 radical (unpaired) electrons. The zero-order valence-electron chi connectivity index (χ0n) is 6.34. The molecule has 2 rings (SSSR count). The number of carbonyl (C=O) groups is 1. The predicted octanol–water partition coefficient (Wildman–Crippen LogP) is 1.09. The lowest BCUT2D eigenvalue weighted by molar-refractivity contribution is 0.256. The molecule has 0 unspecified atom stereocenters. The van der Waals surface area contributed by atoms with Gasteiger partial charge in [0.25, 0.3) is 0 Å². The van der Waals surface area contributed by atoms with Crippen LogP contribution in [-0.2, 0) is 0 Å². The summed E-state index contributed by atoms with van der Waals surface area (Å²) < 4.78 is 0. The molecule has 4 nitrogen and oxygen atoms in total. The summed E-state index contributed by atoms with van der Waals surface area (Å²) in [5.41, 5.74) is 0.840. The largest absolute Gasteiger partial charge is 0.348 e. The fourth-order valence-corrected chi connectivity index (χ4v) is 1.09. The molecule has 0 N–H and O–H groups in total. The summed E-state index contributed by atoms with van der Waals surface area (Å²) in [5, 5.41) is 0. The first-order valence-electron chi connectivity index (χ1n) is 3.62. The number of hydrogen-bond donors (Lipinski definition) is 0. The Labute approximate surface area is 69.6 Å². The van der Waals surface area contributed by atoms with Gasteiger partial charge in [0.2, 0.25) is 0 Å². The van der Waals surface area contributed by atoms with Crippen LogP contribution in [0.15, 0.2) is 29.5 Å². The van der Waals surface area contributed by atoms with E-state index in [1.54, 1.807) is 35.6 Å². The number of nitrogens with zero attached hydrogens (tertiary/aromatic N) is 3. The van der Waals surface area contributed by atoms with Gasteiger partial charge in [0.15, 0.2) is 0 Å². The number of hydrogen-bond acceptors (Lipinski definition) is 2. The summed E-state index contributed by atoms with van der Waals surface area (Å²) in [5.74, 6) is 0. The lowest BCUT2D eigenvalue weighted by Crippen LogP contribution is -2.23. The Hall–Kier alpha value is -1.71. The second kappa shape index (κ2) is 2.73. The Balaban J connectivity index is 2.27. The van der Waals surface area contributed by atoms with E-state index in [-0.39, 0.29) is 6.03 Å². The molecule has 1 aliphatic heterocycles. The van der Waals surface area contributed by atoms with Crippen LogP contribution in [0.5, 0.6) is 0 Å². The number of urea groups is 1. The first kappa shape index (κ1) is 6.97. The first-order chi connectivity index (χ1) is 5.88. The van der Waals surface area contributed by atoms with Crippen LogP contribution >= 0.6 is 0 Å². The Kier molecular flexibility index (Phi) is 1.59. The molecule has 0 atom stereocenters. The van der Waals surface area contributed by atoms with Gasteiger partial charge in [-0.15, -0.1) is 0 Å². The fourth-order valence-electron chi connectivity index (χ4n) is 1.09. The van der Waals surface area contributed by atoms with Crippen molar-refractivity contribution >= 4 is 17.9 Å². The predicted molar refractivity (Wildman–Crippen MR) is 45.5 cm³/mol. The minimum absolute atomic E-state index is 0.207. The van der Waals surface area contributed by atoms with Crippen LogP contribution in [0, 0.1) is 0 Å². The third-order valence-electron chi connectivity index (χ3n) is 1.67. The molecule has 0 aliphatic carbocycles. The van der Waals surface area contributed by atoms with Gasteiger partial charge in [-0.05, 0) is 12.1 Å². The van der Waals surface area contributed by atoms with Crippen molar-refractivity contribution in [3.8, 4) is 0 Å². The minimum atomic E-state index is -0.207. The summed E-state index contributed by atoms with van der Waals surface area (Å²) >= 11 is 0. The van der Waals surface area contributed by atoms with Crippen LogP contribution in [0.1, 0.15) is 0 Å². The SMILES string of the molecule is O=C1N=CCN1c1ccncc1. The van der Waals surface area contributed by atoms with E-state index in [9.17, 15) is 4.79 Å². The quantitative estimate of drug-likeness (QED) is 0.619. The zero-order chi connectivity index (χ0) is 8.39. The van der Waals surface area contributed by atoms with Gasteiger partial charge in [-0.2, -0.15) is 0 Å². The minimum Gasteiger partial charge on any atom is -0.287 e. The summed E-state index contributed by atoms with van der Waals surface area (Å²) in [6, 6.07) is 3.36. The van der Waals surface area contributed by atoms with Crippen molar-refractivity contribution in [1.82, 2.24) is 4.98 Å². The molecule has 4 heteroatoms. The highest BCUT2D eigenvalue weighted by molar-refractivity contribution is 6.04. The van der Waals surface area contributed by atoms with Crippen molar-refractivity contribution in [3.05, 3.63) is 24.5 Å². The molecule has 1 aliphatic rings. The summed E-state index contributed by atoms with van der Waals surface area (Å²) in [7, 11) is 0. The maximum atomic E-state index is 11.1. The molecule has 0 fully saturated rings. The van der Waals surface area contributed by atoms with Crippen LogP contribution in [0.3, 0.4) is 0 Å². The molecule has 2 heterocycles. The number of aromatic nitrogens is 1. The first-order valence-corrected chi connectivity index (χ1v) is 3.62. The molecule has 1 aromatic rings. The average Bonchev–Trinajstić information content (AvgIpc) is 2.53. The van der Waals surface area contributed by atoms with E-state index >= 15 is 0 Å². The molecule has 0 aromatic carbocycles. The molecule has 2 amide bonds. The molecule has 0 saturated heterocycles. The highest BCUT2D eigenvalue weighted by Crippen LogP contribution is 2.14. The Morgan fingerprint density at radius 2 is 2.08 bits per heavy atom. The topological polar surface area (TPSA) is 45.6 Å². The van der Waals surface area contributed by atoms with Crippen LogP contribution < -0.4 is 4.90 Å². The van der Waals surface area contributed by atoms with Crippen molar-refractivity contribution < 1.29 is 4.79 Å². The van der Waals surface area contributed by atoms with Gasteiger partial charge in [0.1, 0.15) is 0 Å². The number of anilines is 1. The molecule has 0 bridgehead atoms. The third kappa shape index (κ3) is 1.07. The van der Waals surface area contributed by atoms with Crippen LogP contribution in [0.25, 0.3) is 0 Å². The normalized spacial score (nSPS) is 15.7. The van der Waals surface area contributed by atoms with Crippen molar-refractivity contribution in [2.45, 2.75) is 0 Å². The van der Waals surface area contributed by atoms with Crippen molar-refractivity contribution in [1.29, 1.82) is 0 Å². The number of rotatable bonds is 1. The molecule has 60 valence electrons. The molecule has 0 spiro atoms. The van der Waals surface area contributed by atoms with Crippen LogP contribution in [0.4, 0.5) is 10.5 Å². The molecular formula is C8H7N3O. The number of carbonyl (C=O) groups excluding carboxylic acids is 1. The molecule has 0 saturated carbocycles. The van der Waals surface area contributed by atoms with E-state index < -0.39 is 0 Å². The van der Waals surface area contributed by atoms with E-state index in [1.165, 1.54) is 0 Å². The molecule has 12 heavy (non-hydrogen) atoms. The van der Waals surface area contributed by atoms with Gasteiger partial charge in [-0.3, -0.25) is 9.88 Å². The van der Waals surface area contributed by atoms with E-state index in [4.69, 9.17) is 0 Å². The lowest BCUT2D eigenvalue weighted by atomic mass is 10.4. The van der Waals surface area contributed by atoms with Crippen molar-refractivity contribution in [3.63, 3.8) is 0 Å². The van der Waals surface area contributed by atoms with Gasteiger partial charge in [-0.1, -0.05) is 0 Å². The van der Waals surface area contributed by atoms with Crippen LogP contribution in [-0.4, -0.2) is 23.8 Å². The van der Waals surface area contributed by atoms with Gasteiger partial charge in [0, 0.05) is 24.3 Å². The number of aliphatic imine (C=N–C) groups is 1. The van der Waals surface area contributed by atoms with Crippen LogP contribution in [0.2, 0.25) is 0 Å². The Morgan fingerprint density at radius 1 is 1.33 bits per heavy atom. The zero-order valence-corrected chi connectivity index (χ0v) is 6.34. The number of amides is 2. The Bertz CT molecular complexity index is 320. The molecule has 1 aromatic heterocycles. The lowest BCUT2D eigenvalue weighted by Gasteiger charge is -2.12. The van der Waals surface area contributed by atoms with E-state index in [2.05, 4.69) is 9.98 Å². The van der Waals surface area contributed by atoms with Gasteiger partial charge >= 0.3 is 6.03 Å². The highest BCUT2D eigenvalue weighted by Gasteiger charge is 2.17. The number of pyridine rings is 1. The summed E-state index contributed by atoms with van der Waals surface area (Å²) in [6.07, 6.45) is 4.91. The average molecular weight is 161 g/mol. The smallest absolute Gasteiger partial charge is 0.287 e. The summed E-state index contributed by atoms with van der Waals surface area (Å²) in [4.78, 5) is 20.2. The van der Waals surface area contributed by atoms with Crippen molar-refractivity contribution in [2.75, 3.05) is 11.4 Å². The van der Waals surface area contributed by atoms with Gasteiger partial charge in [0.05, 0.1) is 6.54 Å². The second-order valence-electron chi connectivity index (χ2n) is 2.41. The van der Waals surface area contributed by atoms with E-state index in [0.717, 1.165) is 5.69 Å². The summed E-state index contributed by atoms with van der Waals surface area (Å²) in [6.45, 7) is 0.558. The Morgan fingerprint density at radius 3 is 2.67 bits per heavy atom. The standard InChI is InChI=1S/C8H7N3O/c12-8-10-5-6-11(8)7-1-3-9-4-2-7/h1-5H,6H2. The third-order valence-corrected chi connectivity index (χ3v) is 1.67. The van der Waals surface area contributed by atoms with Gasteiger partial charge < -0.3 is 0 Å². The second-order valence-corrected chi connectivity index (χ2v) is 2.41. The fraction of sp³-hybridized carbons (Fsp3) is 0.125. The van der Waals surface area contributed by atoms with Crippen molar-refractivity contribution in [2.24, 2.45) is 4.99 Å². The van der Waals surface area contributed by atoms with Gasteiger partial charge in [-0.25, -0.2) is 9.79 Å². The van der Waals surface area contributed by atoms with E-state index in [0.29, 0.717) is 6.54 Å². The maximum Gasteiger partial charge on any atom is 0.348 e. The monoisotopic (exact) mass is 161 g/mol. The molecular weight excluding hydrogens is 154 g/mol. The van der Waals surface area contributed by atoms with E-state index in [1.807, 2.05) is 0 Å². The maximum absolute atomic E-state index is 11.1. The highest BCUT2D eigenvalue weighted by atomic mass is 16.2.